The van der Waals surface area contributed by atoms with Crippen LogP contribution in [0.4, 0.5) is 5.69 Å². The van der Waals surface area contributed by atoms with Crippen molar-refractivity contribution in [1.82, 2.24) is 4.90 Å². The normalized spacial score (nSPS) is 16.5. The lowest BCUT2D eigenvalue weighted by Crippen LogP contribution is -2.46. The maximum Gasteiger partial charge on any atom is 0.103 e. The summed E-state index contributed by atoms with van der Waals surface area (Å²) < 4.78 is 5.37. The first kappa shape index (κ1) is 13.3. The van der Waals surface area contributed by atoms with Gasteiger partial charge < -0.3 is 9.32 Å². The second kappa shape index (κ2) is 6.62. The third kappa shape index (κ3) is 3.42. The van der Waals surface area contributed by atoms with Crippen molar-refractivity contribution in [2.75, 3.05) is 37.6 Å². The highest BCUT2D eigenvalue weighted by Crippen LogP contribution is 2.15. The van der Waals surface area contributed by atoms with Crippen LogP contribution in [0.3, 0.4) is 0 Å². The Morgan fingerprint density at radius 2 is 1.70 bits per heavy atom. The number of hydrogen-bond donors (Lipinski definition) is 0. The predicted octanol–water partition coefficient (Wildman–Crippen LogP) is 3.03. The third-order valence-corrected chi connectivity index (χ3v) is 3.97. The van der Waals surface area contributed by atoms with Gasteiger partial charge in [-0.2, -0.15) is 0 Å². The van der Waals surface area contributed by atoms with Gasteiger partial charge in [0.25, 0.3) is 0 Å². The SMILES string of the molecule is c1ccc(N2CCN(CCCc3ccco3)CC2)cc1. The van der Waals surface area contributed by atoms with E-state index in [4.69, 9.17) is 4.42 Å². The summed E-state index contributed by atoms with van der Waals surface area (Å²) in [4.78, 5) is 5.03. The summed E-state index contributed by atoms with van der Waals surface area (Å²) >= 11 is 0. The lowest BCUT2D eigenvalue weighted by Gasteiger charge is -2.36. The van der Waals surface area contributed by atoms with Crippen molar-refractivity contribution in [2.45, 2.75) is 12.8 Å². The van der Waals surface area contributed by atoms with Crippen molar-refractivity contribution in [3.05, 3.63) is 54.5 Å². The summed E-state index contributed by atoms with van der Waals surface area (Å²) in [6.45, 7) is 5.75. The number of nitrogens with zero attached hydrogens (tertiary/aromatic N) is 2. The molecule has 1 saturated heterocycles. The Morgan fingerprint density at radius 1 is 0.900 bits per heavy atom. The summed E-state index contributed by atoms with van der Waals surface area (Å²) in [6, 6.07) is 14.7. The fourth-order valence-electron chi connectivity index (χ4n) is 2.80. The first-order valence-corrected chi connectivity index (χ1v) is 7.46. The molecule has 2 aromatic rings. The van der Waals surface area contributed by atoms with Gasteiger partial charge >= 0.3 is 0 Å². The zero-order chi connectivity index (χ0) is 13.6. The smallest absolute Gasteiger partial charge is 0.103 e. The Bertz CT molecular complexity index is 487. The van der Waals surface area contributed by atoms with E-state index in [1.165, 1.54) is 18.7 Å². The first-order chi connectivity index (χ1) is 9.92. The number of hydrogen-bond acceptors (Lipinski definition) is 3. The molecule has 0 unspecified atom stereocenters. The van der Waals surface area contributed by atoms with Crippen LogP contribution in [-0.2, 0) is 6.42 Å². The Hall–Kier alpha value is -1.74. The molecule has 1 aromatic carbocycles. The standard InChI is InChI=1S/C17H22N2O/c1-2-6-16(7-3-1)19-13-11-18(12-14-19)10-4-8-17-9-5-15-20-17/h1-3,5-7,9,15H,4,8,10-14H2. The predicted molar refractivity (Wildman–Crippen MR) is 82.1 cm³/mol. The number of piperazine rings is 1. The molecule has 1 aromatic heterocycles. The zero-order valence-electron chi connectivity index (χ0n) is 11.9. The Labute approximate surface area is 120 Å². The molecule has 20 heavy (non-hydrogen) atoms. The molecule has 1 aliphatic heterocycles. The monoisotopic (exact) mass is 270 g/mol. The largest absolute Gasteiger partial charge is 0.469 e. The van der Waals surface area contributed by atoms with E-state index in [1.54, 1.807) is 6.26 Å². The Morgan fingerprint density at radius 3 is 2.40 bits per heavy atom. The molecule has 0 N–H and O–H groups in total. The highest BCUT2D eigenvalue weighted by molar-refractivity contribution is 5.46. The Balaban J connectivity index is 1.40. The second-order valence-corrected chi connectivity index (χ2v) is 5.35. The summed E-state index contributed by atoms with van der Waals surface area (Å²) in [5, 5.41) is 0. The molecule has 0 radical (unpaired) electrons. The van der Waals surface area contributed by atoms with Gasteiger partial charge in [0.15, 0.2) is 0 Å². The van der Waals surface area contributed by atoms with Crippen molar-refractivity contribution in [3.8, 4) is 0 Å². The topological polar surface area (TPSA) is 19.6 Å². The molecule has 3 rings (SSSR count). The van der Waals surface area contributed by atoms with Gasteiger partial charge in [0, 0.05) is 38.3 Å². The van der Waals surface area contributed by atoms with E-state index in [0.717, 1.165) is 38.4 Å². The molecule has 1 fully saturated rings. The minimum atomic E-state index is 1.05. The van der Waals surface area contributed by atoms with Crippen LogP contribution in [-0.4, -0.2) is 37.6 Å². The molecule has 2 heterocycles. The highest BCUT2D eigenvalue weighted by atomic mass is 16.3. The second-order valence-electron chi connectivity index (χ2n) is 5.35. The van der Waals surface area contributed by atoms with Gasteiger partial charge in [0.1, 0.15) is 5.76 Å². The molecule has 3 nitrogen and oxygen atoms in total. The number of para-hydroxylation sites is 1. The molecule has 3 heteroatoms. The fraction of sp³-hybridized carbons (Fsp3) is 0.412. The molecular formula is C17H22N2O. The summed E-state index contributed by atoms with van der Waals surface area (Å²) in [6.07, 6.45) is 3.98. The molecule has 106 valence electrons. The summed E-state index contributed by atoms with van der Waals surface area (Å²) in [5.74, 6) is 1.10. The number of anilines is 1. The number of furan rings is 1. The van der Waals surface area contributed by atoms with Crippen LogP contribution < -0.4 is 4.90 Å². The van der Waals surface area contributed by atoms with Gasteiger partial charge in [-0.1, -0.05) is 18.2 Å². The van der Waals surface area contributed by atoms with E-state index in [2.05, 4.69) is 46.2 Å². The van der Waals surface area contributed by atoms with Crippen LogP contribution in [0.25, 0.3) is 0 Å². The van der Waals surface area contributed by atoms with Crippen LogP contribution in [0.1, 0.15) is 12.2 Å². The van der Waals surface area contributed by atoms with Crippen molar-refractivity contribution in [3.63, 3.8) is 0 Å². The minimum Gasteiger partial charge on any atom is -0.469 e. The van der Waals surface area contributed by atoms with E-state index >= 15 is 0 Å². The number of benzene rings is 1. The molecular weight excluding hydrogens is 248 g/mol. The van der Waals surface area contributed by atoms with Gasteiger partial charge in [-0.05, 0) is 37.2 Å². The lowest BCUT2D eigenvalue weighted by molar-refractivity contribution is 0.253. The van der Waals surface area contributed by atoms with Crippen molar-refractivity contribution in [2.24, 2.45) is 0 Å². The van der Waals surface area contributed by atoms with E-state index in [0.29, 0.717) is 0 Å². The van der Waals surface area contributed by atoms with Crippen LogP contribution in [0.15, 0.2) is 53.1 Å². The maximum atomic E-state index is 5.37. The quantitative estimate of drug-likeness (QED) is 0.832. The van der Waals surface area contributed by atoms with E-state index in [1.807, 2.05) is 6.07 Å². The Kier molecular flexibility index (Phi) is 4.38. The molecule has 0 bridgehead atoms. The van der Waals surface area contributed by atoms with Gasteiger partial charge in [-0.3, -0.25) is 4.90 Å². The minimum absolute atomic E-state index is 1.05. The van der Waals surface area contributed by atoms with Crippen LogP contribution in [0, 0.1) is 0 Å². The average Bonchev–Trinajstić information content (AvgIpc) is 3.02. The van der Waals surface area contributed by atoms with Gasteiger partial charge in [0.05, 0.1) is 6.26 Å². The molecule has 1 aliphatic rings. The highest BCUT2D eigenvalue weighted by Gasteiger charge is 2.16. The van der Waals surface area contributed by atoms with Gasteiger partial charge in [-0.25, -0.2) is 0 Å². The number of aryl methyl sites for hydroxylation is 1. The molecule has 0 aliphatic carbocycles. The third-order valence-electron chi connectivity index (χ3n) is 3.97. The molecule has 0 spiro atoms. The van der Waals surface area contributed by atoms with Crippen molar-refractivity contribution in [1.29, 1.82) is 0 Å². The van der Waals surface area contributed by atoms with E-state index in [9.17, 15) is 0 Å². The van der Waals surface area contributed by atoms with Gasteiger partial charge in [-0.15, -0.1) is 0 Å². The summed E-state index contributed by atoms with van der Waals surface area (Å²) in [5.41, 5.74) is 1.35. The van der Waals surface area contributed by atoms with E-state index in [-0.39, 0.29) is 0 Å². The van der Waals surface area contributed by atoms with Crippen LogP contribution >= 0.6 is 0 Å². The van der Waals surface area contributed by atoms with E-state index < -0.39 is 0 Å². The lowest BCUT2D eigenvalue weighted by atomic mass is 10.2. The van der Waals surface area contributed by atoms with Crippen molar-refractivity contribution < 1.29 is 4.42 Å². The first-order valence-electron chi connectivity index (χ1n) is 7.46. The fourth-order valence-corrected chi connectivity index (χ4v) is 2.80. The molecule has 0 saturated carbocycles. The number of rotatable bonds is 5. The van der Waals surface area contributed by atoms with Crippen LogP contribution in [0.2, 0.25) is 0 Å². The maximum absolute atomic E-state index is 5.37. The average molecular weight is 270 g/mol. The zero-order valence-corrected chi connectivity index (χ0v) is 11.9. The molecule has 0 amide bonds. The van der Waals surface area contributed by atoms with Gasteiger partial charge in [0.2, 0.25) is 0 Å². The molecule has 0 atom stereocenters. The summed E-state index contributed by atoms with van der Waals surface area (Å²) in [7, 11) is 0. The van der Waals surface area contributed by atoms with Crippen molar-refractivity contribution >= 4 is 5.69 Å². The van der Waals surface area contributed by atoms with Crippen LogP contribution in [0.5, 0.6) is 0 Å².